The van der Waals surface area contributed by atoms with Crippen LogP contribution in [0.5, 0.6) is 17.4 Å². The van der Waals surface area contributed by atoms with Crippen molar-refractivity contribution in [2.24, 2.45) is 0 Å². The van der Waals surface area contributed by atoms with Gasteiger partial charge in [0.2, 0.25) is 11.7 Å². The number of benzene rings is 1. The average molecular weight is 271 g/mol. The molecule has 0 unspecified atom stereocenters. The minimum Gasteiger partial charge on any atom is -0.493 e. The van der Waals surface area contributed by atoms with Crippen molar-refractivity contribution in [2.45, 2.75) is 0 Å². The summed E-state index contributed by atoms with van der Waals surface area (Å²) in [7, 11) is 3.07. The van der Waals surface area contributed by atoms with E-state index in [2.05, 4.69) is 16.5 Å². The quantitative estimate of drug-likeness (QED) is 0.775. The number of nitrogens with zero attached hydrogens (tertiary/aromatic N) is 3. The van der Waals surface area contributed by atoms with Crippen LogP contribution in [0.15, 0.2) is 24.8 Å². The Balaban J connectivity index is 2.69. The molecule has 2 rings (SSSR count). The van der Waals surface area contributed by atoms with Crippen molar-refractivity contribution in [1.82, 2.24) is 9.97 Å². The summed E-state index contributed by atoms with van der Waals surface area (Å²) >= 11 is 0. The molecule has 0 bridgehead atoms. The first-order valence-electron chi connectivity index (χ1n) is 5.81. The van der Waals surface area contributed by atoms with Crippen molar-refractivity contribution in [3.63, 3.8) is 0 Å². The lowest BCUT2D eigenvalue weighted by Gasteiger charge is -2.11. The molecule has 0 atom stereocenters. The molecule has 0 saturated heterocycles. The smallest absolute Gasteiger partial charge is 0.236 e. The van der Waals surface area contributed by atoms with Gasteiger partial charge in [-0.1, -0.05) is 12.7 Å². The number of ether oxygens (including phenoxy) is 3. The fraction of sp³-hybridized carbons (Fsp3) is 0.214. The third kappa shape index (κ3) is 2.47. The number of hydrogen-bond donors (Lipinski definition) is 0. The van der Waals surface area contributed by atoms with Crippen LogP contribution in [-0.4, -0.2) is 30.8 Å². The van der Waals surface area contributed by atoms with Crippen molar-refractivity contribution in [3.05, 3.63) is 30.6 Å². The Kier molecular flexibility index (Phi) is 4.01. The Hall–Kier alpha value is -2.81. The second kappa shape index (κ2) is 5.89. The van der Waals surface area contributed by atoms with E-state index in [-0.39, 0.29) is 12.4 Å². The summed E-state index contributed by atoms with van der Waals surface area (Å²) in [5, 5.41) is 9.61. The van der Waals surface area contributed by atoms with E-state index in [9.17, 15) is 0 Å². The van der Waals surface area contributed by atoms with Gasteiger partial charge in [0.15, 0.2) is 11.5 Å². The van der Waals surface area contributed by atoms with Crippen LogP contribution in [0.3, 0.4) is 0 Å². The first kappa shape index (κ1) is 13.6. The summed E-state index contributed by atoms with van der Waals surface area (Å²) in [6, 6.07) is 5.30. The minimum atomic E-state index is 0.0313. The molecule has 6 nitrogen and oxygen atoms in total. The van der Waals surface area contributed by atoms with Gasteiger partial charge in [-0.3, -0.25) is 0 Å². The predicted octanol–water partition coefficient (Wildman–Crippen LogP) is 2.08. The highest BCUT2D eigenvalue weighted by atomic mass is 16.5. The zero-order chi connectivity index (χ0) is 14.5. The molecular weight excluding hydrogens is 258 g/mol. The van der Waals surface area contributed by atoms with Crippen LogP contribution in [0.4, 0.5) is 0 Å². The lowest BCUT2D eigenvalue weighted by atomic mass is 10.2. The van der Waals surface area contributed by atoms with Crippen molar-refractivity contribution >= 4 is 10.9 Å². The lowest BCUT2D eigenvalue weighted by Crippen LogP contribution is -2.01. The van der Waals surface area contributed by atoms with Crippen LogP contribution in [0.1, 0.15) is 5.82 Å². The van der Waals surface area contributed by atoms with Gasteiger partial charge in [-0.25, -0.2) is 4.98 Å². The van der Waals surface area contributed by atoms with E-state index in [1.165, 1.54) is 7.11 Å². The SMILES string of the molecule is C=CCOc1nc(C#N)nc2cc(OC)c(OC)cc12. The van der Waals surface area contributed by atoms with Gasteiger partial charge < -0.3 is 14.2 Å². The summed E-state index contributed by atoms with van der Waals surface area (Å²) < 4.78 is 15.9. The molecule has 102 valence electrons. The number of fused-ring (bicyclic) bond motifs is 1. The van der Waals surface area contributed by atoms with Crippen LogP contribution in [-0.2, 0) is 0 Å². The highest BCUT2D eigenvalue weighted by Crippen LogP contribution is 2.34. The topological polar surface area (TPSA) is 77.3 Å². The Morgan fingerprint density at radius 1 is 1.25 bits per heavy atom. The number of nitriles is 1. The second-order valence-electron chi connectivity index (χ2n) is 3.79. The molecule has 1 aromatic carbocycles. The number of rotatable bonds is 5. The van der Waals surface area contributed by atoms with Gasteiger partial charge in [0.05, 0.1) is 25.1 Å². The Bertz CT molecular complexity index is 692. The van der Waals surface area contributed by atoms with Crippen molar-refractivity contribution in [2.75, 3.05) is 20.8 Å². The fourth-order valence-electron chi connectivity index (χ4n) is 1.73. The van der Waals surface area contributed by atoms with E-state index < -0.39 is 0 Å². The first-order valence-corrected chi connectivity index (χ1v) is 5.81. The van der Waals surface area contributed by atoms with Gasteiger partial charge in [0, 0.05) is 6.07 Å². The molecule has 0 amide bonds. The van der Waals surface area contributed by atoms with Crippen molar-refractivity contribution in [1.29, 1.82) is 5.26 Å². The van der Waals surface area contributed by atoms with Crippen LogP contribution < -0.4 is 14.2 Å². The summed E-state index contributed by atoms with van der Waals surface area (Å²) in [4.78, 5) is 8.18. The van der Waals surface area contributed by atoms with Crippen molar-refractivity contribution in [3.8, 4) is 23.4 Å². The largest absolute Gasteiger partial charge is 0.493 e. The van der Waals surface area contributed by atoms with Gasteiger partial charge in [-0.15, -0.1) is 0 Å². The minimum absolute atomic E-state index is 0.0313. The number of hydrogen-bond acceptors (Lipinski definition) is 6. The molecule has 1 aromatic heterocycles. The molecule has 0 aliphatic rings. The summed E-state index contributed by atoms with van der Waals surface area (Å²) in [5.41, 5.74) is 0.549. The van der Waals surface area contributed by atoms with E-state index in [4.69, 9.17) is 19.5 Å². The fourth-order valence-corrected chi connectivity index (χ4v) is 1.73. The van der Waals surface area contributed by atoms with Gasteiger partial charge in [0.1, 0.15) is 12.7 Å². The van der Waals surface area contributed by atoms with Crippen LogP contribution in [0.2, 0.25) is 0 Å². The van der Waals surface area contributed by atoms with Gasteiger partial charge in [-0.2, -0.15) is 10.2 Å². The molecule has 2 aromatic rings. The van der Waals surface area contributed by atoms with E-state index in [1.54, 1.807) is 25.3 Å². The zero-order valence-corrected chi connectivity index (χ0v) is 11.2. The molecule has 0 aliphatic heterocycles. The highest BCUT2D eigenvalue weighted by Gasteiger charge is 2.13. The van der Waals surface area contributed by atoms with Crippen molar-refractivity contribution < 1.29 is 14.2 Å². The normalized spacial score (nSPS) is 9.85. The van der Waals surface area contributed by atoms with E-state index in [0.29, 0.717) is 28.3 Å². The maximum Gasteiger partial charge on any atom is 0.236 e. The molecule has 0 aliphatic carbocycles. The molecule has 20 heavy (non-hydrogen) atoms. The summed E-state index contributed by atoms with van der Waals surface area (Å²) in [5.74, 6) is 1.41. The molecular formula is C14H13N3O3. The Morgan fingerprint density at radius 2 is 1.95 bits per heavy atom. The van der Waals surface area contributed by atoms with Gasteiger partial charge in [-0.05, 0) is 6.07 Å². The molecule has 0 spiro atoms. The molecule has 0 N–H and O–H groups in total. The third-order valence-corrected chi connectivity index (χ3v) is 2.60. The number of methoxy groups -OCH3 is 2. The first-order chi connectivity index (χ1) is 9.73. The Morgan fingerprint density at radius 3 is 2.55 bits per heavy atom. The van der Waals surface area contributed by atoms with Gasteiger partial charge in [0.25, 0.3) is 0 Å². The number of aromatic nitrogens is 2. The lowest BCUT2D eigenvalue weighted by molar-refractivity contribution is 0.349. The molecule has 1 heterocycles. The van der Waals surface area contributed by atoms with Crippen LogP contribution in [0.25, 0.3) is 10.9 Å². The summed E-state index contributed by atoms with van der Waals surface area (Å²) in [6.07, 6.45) is 1.60. The zero-order valence-electron chi connectivity index (χ0n) is 11.2. The maximum absolute atomic E-state index is 8.97. The standard InChI is InChI=1S/C14H13N3O3/c1-4-5-20-14-9-6-11(18-2)12(19-3)7-10(9)16-13(8-15)17-14/h4,6-7H,1,5H2,2-3H3. The molecule has 6 heteroatoms. The molecule has 0 fully saturated rings. The van der Waals surface area contributed by atoms with E-state index in [1.807, 2.05) is 6.07 Å². The Labute approximate surface area is 116 Å². The molecule has 0 saturated carbocycles. The molecule has 0 radical (unpaired) electrons. The van der Waals surface area contributed by atoms with Crippen LogP contribution >= 0.6 is 0 Å². The third-order valence-electron chi connectivity index (χ3n) is 2.60. The van der Waals surface area contributed by atoms with E-state index >= 15 is 0 Å². The second-order valence-corrected chi connectivity index (χ2v) is 3.79. The summed E-state index contributed by atoms with van der Waals surface area (Å²) in [6.45, 7) is 3.86. The predicted molar refractivity (Wildman–Crippen MR) is 73.0 cm³/mol. The van der Waals surface area contributed by atoms with Crippen LogP contribution in [0, 0.1) is 11.3 Å². The van der Waals surface area contributed by atoms with E-state index in [0.717, 1.165) is 0 Å². The van der Waals surface area contributed by atoms with Gasteiger partial charge >= 0.3 is 0 Å². The average Bonchev–Trinajstić information content (AvgIpc) is 2.50. The maximum atomic E-state index is 8.97. The highest BCUT2D eigenvalue weighted by molar-refractivity contribution is 5.87. The monoisotopic (exact) mass is 271 g/mol.